The Morgan fingerprint density at radius 1 is 1.50 bits per heavy atom. The van der Waals surface area contributed by atoms with E-state index < -0.39 is 33.0 Å². The van der Waals surface area contributed by atoms with Crippen molar-refractivity contribution in [3.63, 3.8) is 0 Å². The van der Waals surface area contributed by atoms with Gasteiger partial charge in [0.15, 0.2) is 0 Å². The Bertz CT molecular complexity index is 436. The summed E-state index contributed by atoms with van der Waals surface area (Å²) in [6.07, 6.45) is 1.34. The number of hydrogen-bond acceptors (Lipinski definition) is 3. The monoisotopic (exact) mass is 260 g/mol. The number of aromatic amines is 2. The van der Waals surface area contributed by atoms with Crippen molar-refractivity contribution in [3.8, 4) is 0 Å². The first-order valence-corrected chi connectivity index (χ1v) is 6.79. The zero-order valence-corrected chi connectivity index (χ0v) is 9.26. The first-order chi connectivity index (χ1) is 6.59. The molecule has 0 radical (unpaired) electrons. The van der Waals surface area contributed by atoms with Crippen LogP contribution in [0.2, 0.25) is 5.21 Å². The van der Waals surface area contributed by atoms with Crippen molar-refractivity contribution in [3.05, 3.63) is 32.6 Å². The van der Waals surface area contributed by atoms with Gasteiger partial charge in [0.2, 0.25) is 0 Å². The normalized spacial score (nSPS) is 10.9. The summed E-state index contributed by atoms with van der Waals surface area (Å²) in [5.74, 6) is -0.842. The van der Waals surface area contributed by atoms with Crippen LogP contribution >= 0.6 is 0 Å². The molecule has 0 amide bonds. The van der Waals surface area contributed by atoms with Gasteiger partial charge in [0.1, 0.15) is 0 Å². The third-order valence-electron chi connectivity index (χ3n) is 1.49. The molecule has 14 heavy (non-hydrogen) atoms. The van der Waals surface area contributed by atoms with E-state index >= 15 is 0 Å². The van der Waals surface area contributed by atoms with Crippen LogP contribution in [0, 0.1) is 0 Å². The van der Waals surface area contributed by atoms with Crippen molar-refractivity contribution in [2.45, 2.75) is 10.4 Å². The molecule has 0 aliphatic heterocycles. The number of carboxylic acids is 1. The number of H-pyrrole nitrogens is 2. The van der Waals surface area contributed by atoms with Gasteiger partial charge in [-0.05, 0) is 0 Å². The van der Waals surface area contributed by atoms with Crippen molar-refractivity contribution in [2.75, 3.05) is 0 Å². The molecular formula is C7H9AsN2O4. The van der Waals surface area contributed by atoms with Crippen LogP contribution in [0.15, 0.2) is 15.8 Å². The zero-order chi connectivity index (χ0) is 10.6. The fourth-order valence-electron chi connectivity index (χ4n) is 0.873. The molecule has 1 unspecified atom stereocenters. The van der Waals surface area contributed by atoms with E-state index in [1.54, 1.807) is 0 Å². The van der Waals surface area contributed by atoms with E-state index in [4.69, 9.17) is 5.11 Å². The van der Waals surface area contributed by atoms with E-state index in [0.717, 1.165) is 0 Å². The third-order valence-corrected chi connectivity index (χ3v) is 3.97. The van der Waals surface area contributed by atoms with Crippen LogP contribution < -0.4 is 11.2 Å². The van der Waals surface area contributed by atoms with Crippen LogP contribution in [-0.4, -0.2) is 36.8 Å². The van der Waals surface area contributed by atoms with Crippen molar-refractivity contribution in [2.24, 2.45) is 0 Å². The maximum atomic E-state index is 11.1. The Morgan fingerprint density at radius 3 is 2.79 bits per heavy atom. The zero-order valence-electron chi connectivity index (χ0n) is 7.16. The molecule has 76 valence electrons. The molecular weight excluding hydrogens is 251 g/mol. The molecule has 6 nitrogen and oxygen atoms in total. The Balaban J connectivity index is 2.64. The van der Waals surface area contributed by atoms with Crippen LogP contribution in [0.1, 0.15) is 5.56 Å². The van der Waals surface area contributed by atoms with Crippen LogP contribution in [0.25, 0.3) is 0 Å². The molecule has 0 aliphatic carbocycles. The topological polar surface area (TPSA) is 103 Å². The SMILES string of the molecule is O=C(O)C[AsH]Cc1c[nH]c(=O)[nH]c1=O. The van der Waals surface area contributed by atoms with Gasteiger partial charge < -0.3 is 0 Å². The number of hydrogen-bond donors (Lipinski definition) is 3. The summed E-state index contributed by atoms with van der Waals surface area (Å²) in [6.45, 7) is 0. The van der Waals surface area contributed by atoms with Gasteiger partial charge in [0, 0.05) is 0 Å². The van der Waals surface area contributed by atoms with Gasteiger partial charge in [-0.2, -0.15) is 0 Å². The quantitative estimate of drug-likeness (QED) is 0.573. The summed E-state index contributed by atoms with van der Waals surface area (Å²) < 4.78 is 0. The fraction of sp³-hybridized carbons (Fsp3) is 0.286. The second-order valence-corrected chi connectivity index (χ2v) is 5.13. The van der Waals surface area contributed by atoms with E-state index in [-0.39, 0.29) is 5.21 Å². The van der Waals surface area contributed by atoms with Crippen molar-refractivity contribution in [1.29, 1.82) is 0 Å². The van der Waals surface area contributed by atoms with Gasteiger partial charge in [0.05, 0.1) is 0 Å². The molecule has 1 heterocycles. The first-order valence-electron chi connectivity index (χ1n) is 3.83. The van der Waals surface area contributed by atoms with Crippen LogP contribution in [0.4, 0.5) is 0 Å². The Labute approximate surface area is 85.1 Å². The van der Waals surface area contributed by atoms with Gasteiger partial charge in [-0.1, -0.05) is 0 Å². The summed E-state index contributed by atoms with van der Waals surface area (Å²) in [4.78, 5) is 36.4. The molecule has 1 aromatic rings. The Morgan fingerprint density at radius 2 is 2.21 bits per heavy atom. The van der Waals surface area contributed by atoms with Crippen LogP contribution in [-0.2, 0) is 10.0 Å². The number of aliphatic carboxylic acids is 1. The average Bonchev–Trinajstić information content (AvgIpc) is 2.08. The molecule has 1 atom stereocenters. The summed E-state index contributed by atoms with van der Waals surface area (Å²) in [7, 11) is 0. The molecule has 3 N–H and O–H groups in total. The molecule has 0 aliphatic rings. The van der Waals surface area contributed by atoms with Crippen molar-refractivity contribution >= 4 is 21.7 Å². The second-order valence-electron chi connectivity index (χ2n) is 2.59. The van der Waals surface area contributed by atoms with Crippen LogP contribution in [0.5, 0.6) is 0 Å². The third kappa shape index (κ3) is 3.22. The molecule has 1 rings (SSSR count). The fourth-order valence-corrected chi connectivity index (χ4v) is 2.70. The van der Waals surface area contributed by atoms with E-state index in [1.165, 1.54) is 6.20 Å². The number of rotatable bonds is 4. The summed E-state index contributed by atoms with van der Waals surface area (Å²) in [6, 6.07) is 0. The molecule has 0 bridgehead atoms. The molecule has 0 aromatic carbocycles. The van der Waals surface area contributed by atoms with Gasteiger partial charge >= 0.3 is 84.6 Å². The van der Waals surface area contributed by atoms with E-state index in [9.17, 15) is 14.4 Å². The van der Waals surface area contributed by atoms with Gasteiger partial charge in [-0.25, -0.2) is 0 Å². The summed E-state index contributed by atoms with van der Waals surface area (Å²) in [5, 5.41) is 9.00. The molecule has 0 fully saturated rings. The standard InChI is InChI=1S/C7H9AsN2O4/c11-5(12)2-8-1-4-3-9-7(14)10-6(4)13/h3,8H,1-2H2,(H,11,12)(H2,9,10,13,14). The number of carbonyl (C=O) groups is 1. The van der Waals surface area contributed by atoms with Crippen molar-refractivity contribution < 1.29 is 9.90 Å². The average molecular weight is 260 g/mol. The summed E-state index contributed by atoms with van der Waals surface area (Å²) >= 11 is -0.691. The number of aromatic nitrogens is 2. The number of nitrogens with one attached hydrogen (secondary N) is 2. The molecule has 7 heteroatoms. The molecule has 1 aromatic heterocycles. The molecule has 0 saturated carbocycles. The second kappa shape index (κ2) is 4.81. The predicted octanol–water partition coefficient (Wildman–Crippen LogP) is -1.50. The van der Waals surface area contributed by atoms with Gasteiger partial charge in [0.25, 0.3) is 0 Å². The van der Waals surface area contributed by atoms with Gasteiger partial charge in [-0.3, -0.25) is 0 Å². The van der Waals surface area contributed by atoms with E-state index in [1.807, 2.05) is 0 Å². The molecule has 0 saturated heterocycles. The minimum absolute atomic E-state index is 0.137. The van der Waals surface area contributed by atoms with Gasteiger partial charge in [-0.15, -0.1) is 0 Å². The maximum absolute atomic E-state index is 11.1. The Kier molecular flexibility index (Phi) is 3.71. The number of carboxylic acid groups (broad SMARTS) is 1. The minimum atomic E-state index is -0.842. The van der Waals surface area contributed by atoms with Crippen LogP contribution in [0.3, 0.4) is 0 Å². The van der Waals surface area contributed by atoms with E-state index in [2.05, 4.69) is 9.97 Å². The van der Waals surface area contributed by atoms with E-state index in [0.29, 0.717) is 10.8 Å². The Hall–Kier alpha value is -1.29. The predicted molar refractivity (Wildman–Crippen MR) is 51.0 cm³/mol. The molecule has 0 spiro atoms. The van der Waals surface area contributed by atoms with Crippen molar-refractivity contribution in [1.82, 2.24) is 9.97 Å². The summed E-state index contributed by atoms with van der Waals surface area (Å²) in [5.41, 5.74) is -0.522. The first kappa shape index (κ1) is 10.8.